The number of aryl methyl sites for hydroxylation is 1. The molecule has 1 aliphatic rings. The first-order chi connectivity index (χ1) is 11.9. The minimum absolute atomic E-state index is 0.00442. The average Bonchev–Trinajstić information content (AvgIpc) is 2.99. The van der Waals surface area contributed by atoms with Crippen molar-refractivity contribution in [1.29, 1.82) is 0 Å². The van der Waals surface area contributed by atoms with Crippen molar-refractivity contribution >= 4 is 51.9 Å². The van der Waals surface area contributed by atoms with Crippen molar-refractivity contribution in [3.05, 3.63) is 50.4 Å². The van der Waals surface area contributed by atoms with E-state index in [0.717, 1.165) is 12.8 Å². The van der Waals surface area contributed by atoms with Crippen LogP contribution in [0.5, 0.6) is 0 Å². The van der Waals surface area contributed by atoms with Gasteiger partial charge in [0.05, 0.1) is 9.90 Å². The zero-order chi connectivity index (χ0) is 18.0. The Labute approximate surface area is 159 Å². The third kappa shape index (κ3) is 4.48. The molecule has 0 saturated carbocycles. The van der Waals surface area contributed by atoms with Crippen LogP contribution in [0.2, 0.25) is 5.02 Å². The maximum Gasteiger partial charge on any atom is 0.279 e. The minimum atomic E-state index is -0.504. The normalized spacial score (nSPS) is 16.0. The second-order valence-electron chi connectivity index (χ2n) is 6.07. The maximum absolute atomic E-state index is 13.1. The summed E-state index contributed by atoms with van der Waals surface area (Å²) in [5.41, 5.74) is 7.02. The lowest BCUT2D eigenvalue weighted by atomic mass is 9.90. The highest BCUT2D eigenvalue weighted by Crippen LogP contribution is 2.32. The third-order valence-electron chi connectivity index (χ3n) is 4.02. The first-order valence-electron chi connectivity index (χ1n) is 7.86. The summed E-state index contributed by atoms with van der Waals surface area (Å²) in [6.07, 6.45) is 3.23. The first-order valence-corrected chi connectivity index (χ1v) is 9.46. The molecule has 1 amide bonds. The van der Waals surface area contributed by atoms with Gasteiger partial charge in [-0.2, -0.15) is 0 Å². The molecule has 0 spiro atoms. The van der Waals surface area contributed by atoms with Gasteiger partial charge in [-0.15, -0.1) is 11.3 Å². The molecule has 0 radical (unpaired) electrons. The standard InChI is InChI=1S/C17H17ClFN3OS2/c1-9-2-5-14-10(6-9)7-15(25-14)16(23)21-22-17(24)20-11-3-4-13(19)12(18)8-11/h3-4,7-9H,2,5-6H2,1H3,(H,21,23)(H2,20,22,24). The molecule has 0 bridgehead atoms. The van der Waals surface area contributed by atoms with Gasteiger partial charge in [0, 0.05) is 10.6 Å². The van der Waals surface area contributed by atoms with Crippen LogP contribution in [0.15, 0.2) is 24.3 Å². The maximum atomic E-state index is 13.1. The molecule has 0 aliphatic heterocycles. The van der Waals surface area contributed by atoms with Gasteiger partial charge in [-0.3, -0.25) is 15.6 Å². The Morgan fingerprint density at radius 2 is 2.16 bits per heavy atom. The summed E-state index contributed by atoms with van der Waals surface area (Å²) < 4.78 is 13.1. The summed E-state index contributed by atoms with van der Waals surface area (Å²) in [5, 5.41) is 3.01. The third-order valence-corrected chi connectivity index (χ3v) is 5.75. The van der Waals surface area contributed by atoms with Crippen LogP contribution in [0.3, 0.4) is 0 Å². The van der Waals surface area contributed by atoms with Gasteiger partial charge in [0.25, 0.3) is 5.91 Å². The number of amides is 1. The van der Waals surface area contributed by atoms with E-state index in [4.69, 9.17) is 23.8 Å². The Bertz CT molecular complexity index is 824. The molecule has 0 fully saturated rings. The van der Waals surface area contributed by atoms with Gasteiger partial charge in [-0.25, -0.2) is 4.39 Å². The van der Waals surface area contributed by atoms with Crippen molar-refractivity contribution in [2.24, 2.45) is 5.92 Å². The molecule has 1 aromatic heterocycles. The van der Waals surface area contributed by atoms with E-state index < -0.39 is 5.82 Å². The topological polar surface area (TPSA) is 53.2 Å². The van der Waals surface area contributed by atoms with E-state index in [2.05, 4.69) is 23.1 Å². The van der Waals surface area contributed by atoms with Crippen LogP contribution < -0.4 is 16.2 Å². The quantitative estimate of drug-likeness (QED) is 0.522. The summed E-state index contributed by atoms with van der Waals surface area (Å²) >= 11 is 12.4. The molecule has 3 N–H and O–H groups in total. The average molecular weight is 398 g/mol. The van der Waals surface area contributed by atoms with Gasteiger partial charge in [-0.05, 0) is 67.2 Å². The van der Waals surface area contributed by atoms with Crippen LogP contribution in [-0.2, 0) is 12.8 Å². The highest BCUT2D eigenvalue weighted by atomic mass is 35.5. The van der Waals surface area contributed by atoms with E-state index in [9.17, 15) is 9.18 Å². The van der Waals surface area contributed by atoms with Crippen molar-refractivity contribution in [2.75, 3.05) is 5.32 Å². The lowest BCUT2D eigenvalue weighted by molar-refractivity contribution is 0.0948. The number of halogens is 2. The molecule has 25 heavy (non-hydrogen) atoms. The van der Waals surface area contributed by atoms with Crippen LogP contribution in [-0.4, -0.2) is 11.0 Å². The number of anilines is 1. The lowest BCUT2D eigenvalue weighted by Gasteiger charge is -2.16. The number of hydrogen-bond donors (Lipinski definition) is 3. The summed E-state index contributed by atoms with van der Waals surface area (Å²) in [6, 6.07) is 6.12. The lowest BCUT2D eigenvalue weighted by Crippen LogP contribution is -2.43. The van der Waals surface area contributed by atoms with E-state index >= 15 is 0 Å². The number of rotatable bonds is 2. The van der Waals surface area contributed by atoms with Crippen molar-refractivity contribution in [3.8, 4) is 0 Å². The zero-order valence-electron chi connectivity index (χ0n) is 13.5. The van der Waals surface area contributed by atoms with E-state index in [0.29, 0.717) is 16.5 Å². The number of nitrogens with one attached hydrogen (secondary N) is 3. The van der Waals surface area contributed by atoms with Gasteiger partial charge in [0.15, 0.2) is 5.11 Å². The Morgan fingerprint density at radius 3 is 2.92 bits per heavy atom. The molecule has 132 valence electrons. The number of fused-ring (bicyclic) bond motifs is 1. The molecule has 1 aromatic carbocycles. The Balaban J connectivity index is 1.55. The van der Waals surface area contributed by atoms with E-state index in [1.165, 1.54) is 46.4 Å². The largest absolute Gasteiger partial charge is 0.331 e. The Hall–Kier alpha value is -1.70. The number of carbonyl (C=O) groups is 1. The summed E-state index contributed by atoms with van der Waals surface area (Å²) in [5.74, 6) is -0.0702. The molecular formula is C17H17ClFN3OS2. The van der Waals surface area contributed by atoms with Crippen LogP contribution in [0.4, 0.5) is 10.1 Å². The molecule has 1 heterocycles. The summed E-state index contributed by atoms with van der Waals surface area (Å²) in [4.78, 5) is 14.2. The SMILES string of the molecule is CC1CCc2sc(C(=O)NNC(=S)Nc3ccc(F)c(Cl)c3)cc2C1. The molecule has 1 unspecified atom stereocenters. The van der Waals surface area contributed by atoms with Gasteiger partial charge < -0.3 is 5.32 Å². The van der Waals surface area contributed by atoms with Crippen LogP contribution in [0.25, 0.3) is 0 Å². The molecule has 3 rings (SSSR count). The van der Waals surface area contributed by atoms with E-state index in [-0.39, 0.29) is 16.0 Å². The van der Waals surface area contributed by atoms with Crippen LogP contribution >= 0.6 is 35.2 Å². The van der Waals surface area contributed by atoms with Crippen LogP contribution in [0.1, 0.15) is 33.5 Å². The second-order valence-corrected chi connectivity index (χ2v) is 8.02. The first kappa shape index (κ1) is 18.1. The molecule has 1 atom stereocenters. The highest BCUT2D eigenvalue weighted by Gasteiger charge is 2.20. The van der Waals surface area contributed by atoms with Gasteiger partial charge >= 0.3 is 0 Å². The minimum Gasteiger partial charge on any atom is -0.331 e. The summed E-state index contributed by atoms with van der Waals surface area (Å²) in [7, 11) is 0. The zero-order valence-corrected chi connectivity index (χ0v) is 15.9. The summed E-state index contributed by atoms with van der Waals surface area (Å²) in [6.45, 7) is 2.23. The smallest absolute Gasteiger partial charge is 0.279 e. The van der Waals surface area contributed by atoms with Gasteiger partial charge in [-0.1, -0.05) is 18.5 Å². The molecule has 4 nitrogen and oxygen atoms in total. The van der Waals surface area contributed by atoms with Gasteiger partial charge in [0.1, 0.15) is 5.82 Å². The van der Waals surface area contributed by atoms with E-state index in [1.54, 1.807) is 0 Å². The van der Waals surface area contributed by atoms with Crippen molar-refractivity contribution in [2.45, 2.75) is 26.2 Å². The number of thiophene rings is 1. The fourth-order valence-corrected chi connectivity index (χ4v) is 4.18. The van der Waals surface area contributed by atoms with E-state index in [1.807, 2.05) is 6.07 Å². The monoisotopic (exact) mass is 397 g/mol. The highest BCUT2D eigenvalue weighted by molar-refractivity contribution is 7.80. The number of hydrazine groups is 1. The van der Waals surface area contributed by atoms with Crippen LogP contribution in [0, 0.1) is 11.7 Å². The molecular weight excluding hydrogens is 381 g/mol. The molecule has 2 aromatic rings. The molecule has 1 aliphatic carbocycles. The van der Waals surface area contributed by atoms with Crippen molar-refractivity contribution in [3.63, 3.8) is 0 Å². The molecule has 0 saturated heterocycles. The number of benzene rings is 1. The number of hydrogen-bond acceptors (Lipinski definition) is 3. The fourth-order valence-electron chi connectivity index (χ4n) is 2.73. The van der Waals surface area contributed by atoms with Gasteiger partial charge in [0.2, 0.25) is 0 Å². The number of thiocarbonyl (C=S) groups is 1. The van der Waals surface area contributed by atoms with Crippen molar-refractivity contribution < 1.29 is 9.18 Å². The molecule has 8 heteroatoms. The fraction of sp³-hybridized carbons (Fsp3) is 0.294. The predicted octanol–water partition coefficient (Wildman–Crippen LogP) is 4.30. The Kier molecular flexibility index (Phi) is 5.56. The predicted molar refractivity (Wildman–Crippen MR) is 104 cm³/mol. The number of carbonyl (C=O) groups excluding carboxylic acids is 1. The Morgan fingerprint density at radius 1 is 1.36 bits per heavy atom. The van der Waals surface area contributed by atoms with Crippen molar-refractivity contribution in [1.82, 2.24) is 10.9 Å². The second kappa shape index (κ2) is 7.68.